The van der Waals surface area contributed by atoms with Crippen LogP contribution in [0, 0.1) is 11.3 Å². The van der Waals surface area contributed by atoms with Crippen LogP contribution in [0.1, 0.15) is 30.7 Å². The van der Waals surface area contributed by atoms with Gasteiger partial charge in [0.05, 0.1) is 30.4 Å². The van der Waals surface area contributed by atoms with Crippen molar-refractivity contribution in [3.63, 3.8) is 0 Å². The lowest BCUT2D eigenvalue weighted by Gasteiger charge is -2.37. The number of hydrogen-bond donors (Lipinski definition) is 2. The number of nitrogens with zero attached hydrogens (tertiary/aromatic N) is 5. The molecule has 0 saturated carbocycles. The number of aromatic nitrogens is 3. The van der Waals surface area contributed by atoms with Gasteiger partial charge in [-0.3, -0.25) is 19.5 Å². The fourth-order valence-corrected chi connectivity index (χ4v) is 6.22. The minimum Gasteiger partial charge on any atom is -0.497 e. The number of Topliss-reactive ketones (excluding diaryl/α,β-unsaturated/α-hetero) is 1. The highest BCUT2D eigenvalue weighted by Crippen LogP contribution is 2.46. The van der Waals surface area contributed by atoms with Gasteiger partial charge in [-0.2, -0.15) is 5.26 Å². The van der Waals surface area contributed by atoms with E-state index in [-0.39, 0.29) is 28.8 Å². The third-order valence-electron chi connectivity index (χ3n) is 6.22. The summed E-state index contributed by atoms with van der Waals surface area (Å²) in [5, 5.41) is 21.9. The van der Waals surface area contributed by atoms with Crippen molar-refractivity contribution in [1.29, 1.82) is 5.26 Å². The van der Waals surface area contributed by atoms with Crippen LogP contribution >= 0.6 is 23.1 Å². The molecule has 1 amide bonds. The smallest absolute Gasteiger partial charge is 0.234 e. The molecule has 12 heteroatoms. The number of carbonyl (C=O) groups is 2. The number of ether oxygens (including phenoxy) is 1. The number of anilines is 2. The molecule has 3 N–H and O–H groups in total. The Bertz CT molecular complexity index is 1480. The number of methoxy groups -OCH3 is 1. The van der Waals surface area contributed by atoms with Crippen LogP contribution in [-0.2, 0) is 9.59 Å². The van der Waals surface area contributed by atoms with Crippen molar-refractivity contribution in [2.75, 3.05) is 23.1 Å². The van der Waals surface area contributed by atoms with E-state index in [1.807, 2.05) is 6.07 Å². The Kier molecular flexibility index (Phi) is 7.39. The molecule has 1 unspecified atom stereocenters. The molecule has 10 nitrogen and oxygen atoms in total. The number of pyridine rings is 1. The van der Waals surface area contributed by atoms with Crippen LogP contribution in [-0.4, -0.2) is 39.7 Å². The minimum absolute atomic E-state index is 0.0142. The zero-order valence-electron chi connectivity index (χ0n) is 20.4. The molecule has 2 aromatic heterocycles. The Morgan fingerprint density at radius 1 is 1.29 bits per heavy atom. The molecule has 5 rings (SSSR count). The summed E-state index contributed by atoms with van der Waals surface area (Å²) in [5.74, 6) is 0.276. The van der Waals surface area contributed by atoms with E-state index in [4.69, 9.17) is 10.5 Å². The second kappa shape index (κ2) is 11.0. The topological polar surface area (TPSA) is 147 Å². The molecule has 3 heterocycles. The zero-order valence-corrected chi connectivity index (χ0v) is 22.0. The monoisotopic (exact) mass is 545 g/mol. The van der Waals surface area contributed by atoms with E-state index in [0.29, 0.717) is 45.7 Å². The minimum atomic E-state index is -0.573. The summed E-state index contributed by atoms with van der Waals surface area (Å²) in [4.78, 5) is 31.5. The van der Waals surface area contributed by atoms with Crippen LogP contribution in [0.15, 0.2) is 75.8 Å². The van der Waals surface area contributed by atoms with E-state index in [1.165, 1.54) is 23.1 Å². The molecule has 0 bridgehead atoms. The average Bonchev–Trinajstić information content (AvgIpc) is 3.41. The van der Waals surface area contributed by atoms with Crippen LogP contribution in [0.4, 0.5) is 10.8 Å². The van der Waals surface area contributed by atoms with Gasteiger partial charge in [0.25, 0.3) is 0 Å². The fourth-order valence-electron chi connectivity index (χ4n) is 4.53. The number of carbonyl (C=O) groups excluding carboxylic acids is 2. The van der Waals surface area contributed by atoms with Crippen LogP contribution in [0.2, 0.25) is 0 Å². The van der Waals surface area contributed by atoms with Crippen LogP contribution in [0.25, 0.3) is 0 Å². The normalized spacial score (nSPS) is 17.2. The van der Waals surface area contributed by atoms with Gasteiger partial charge in [0.15, 0.2) is 10.1 Å². The molecule has 3 aromatic rings. The van der Waals surface area contributed by atoms with E-state index in [9.17, 15) is 14.9 Å². The molecular weight excluding hydrogens is 522 g/mol. The third kappa shape index (κ3) is 4.98. The maximum atomic E-state index is 13.2. The van der Waals surface area contributed by atoms with Gasteiger partial charge in [-0.1, -0.05) is 29.2 Å². The molecule has 1 aliphatic carbocycles. The van der Waals surface area contributed by atoms with E-state index in [2.05, 4.69) is 26.6 Å². The van der Waals surface area contributed by atoms with Gasteiger partial charge in [0.1, 0.15) is 11.6 Å². The van der Waals surface area contributed by atoms with Gasteiger partial charge in [0.2, 0.25) is 11.0 Å². The third-order valence-corrected chi connectivity index (χ3v) is 8.26. The zero-order chi connectivity index (χ0) is 26.6. The number of thioether (sulfide) groups is 1. The van der Waals surface area contributed by atoms with E-state index >= 15 is 0 Å². The molecule has 38 heavy (non-hydrogen) atoms. The Morgan fingerprint density at radius 3 is 2.82 bits per heavy atom. The number of ketones is 1. The predicted molar refractivity (Wildman–Crippen MR) is 144 cm³/mol. The van der Waals surface area contributed by atoms with E-state index in [0.717, 1.165) is 11.3 Å². The maximum absolute atomic E-state index is 13.2. The van der Waals surface area contributed by atoms with E-state index in [1.54, 1.807) is 54.7 Å². The van der Waals surface area contributed by atoms with Crippen LogP contribution < -0.4 is 20.7 Å². The van der Waals surface area contributed by atoms with Crippen LogP contribution in [0.3, 0.4) is 0 Å². The molecular formula is C26H23N7O3S2. The lowest BCUT2D eigenvalue weighted by atomic mass is 9.76. The number of nitrogens with two attached hydrogens (primary N) is 1. The largest absolute Gasteiger partial charge is 0.497 e. The fraction of sp³-hybridized carbons (Fsp3) is 0.231. The maximum Gasteiger partial charge on any atom is 0.234 e. The van der Waals surface area contributed by atoms with Gasteiger partial charge >= 0.3 is 0 Å². The lowest BCUT2D eigenvalue weighted by Crippen LogP contribution is -2.38. The van der Waals surface area contributed by atoms with Crippen molar-refractivity contribution in [2.45, 2.75) is 29.5 Å². The van der Waals surface area contributed by atoms with Gasteiger partial charge < -0.3 is 15.8 Å². The van der Waals surface area contributed by atoms with Crippen molar-refractivity contribution in [3.8, 4) is 11.8 Å². The SMILES string of the molecule is COc1ccc(NC(=O)CSc2nnc(N3C(N)=C(C#N)C(c4cccnc4)C4=C3CCCC4=O)s2)cc1. The summed E-state index contributed by atoms with van der Waals surface area (Å²) in [6.45, 7) is 0. The number of benzene rings is 1. The second-order valence-corrected chi connectivity index (χ2v) is 10.7. The Balaban J connectivity index is 1.38. The molecule has 1 aromatic carbocycles. The highest BCUT2D eigenvalue weighted by atomic mass is 32.2. The first kappa shape index (κ1) is 25.4. The first-order valence-corrected chi connectivity index (χ1v) is 13.6. The highest BCUT2D eigenvalue weighted by molar-refractivity contribution is 8.01. The molecule has 2 aliphatic rings. The summed E-state index contributed by atoms with van der Waals surface area (Å²) < 4.78 is 5.70. The van der Waals surface area contributed by atoms with Gasteiger partial charge in [-0.15, -0.1) is 10.2 Å². The second-order valence-electron chi connectivity index (χ2n) is 8.52. The summed E-state index contributed by atoms with van der Waals surface area (Å²) in [6, 6.07) is 12.9. The lowest BCUT2D eigenvalue weighted by molar-refractivity contribution is -0.116. The van der Waals surface area contributed by atoms with Crippen molar-refractivity contribution in [2.24, 2.45) is 5.73 Å². The summed E-state index contributed by atoms with van der Waals surface area (Å²) in [5.41, 5.74) is 9.52. The summed E-state index contributed by atoms with van der Waals surface area (Å²) in [7, 11) is 1.58. The molecule has 1 atom stereocenters. The molecule has 1 aliphatic heterocycles. The van der Waals surface area contributed by atoms with Gasteiger partial charge in [-0.05, 0) is 48.7 Å². The number of nitriles is 1. The number of allylic oxidation sites excluding steroid dienone is 3. The molecule has 0 radical (unpaired) electrons. The molecule has 0 spiro atoms. The number of hydrogen-bond acceptors (Lipinski definition) is 11. The quantitative estimate of drug-likeness (QED) is 0.418. The summed E-state index contributed by atoms with van der Waals surface area (Å²) >= 11 is 2.50. The van der Waals surface area contributed by atoms with Crippen molar-refractivity contribution >= 4 is 45.6 Å². The first-order valence-electron chi connectivity index (χ1n) is 11.8. The summed E-state index contributed by atoms with van der Waals surface area (Å²) in [6.07, 6.45) is 5.00. The predicted octanol–water partition coefficient (Wildman–Crippen LogP) is 3.98. The van der Waals surface area contributed by atoms with E-state index < -0.39 is 5.92 Å². The van der Waals surface area contributed by atoms with Crippen molar-refractivity contribution in [1.82, 2.24) is 15.2 Å². The first-order chi connectivity index (χ1) is 18.5. The van der Waals surface area contributed by atoms with Gasteiger partial charge in [-0.25, -0.2) is 0 Å². The Labute approximate surface area is 227 Å². The van der Waals surface area contributed by atoms with Gasteiger partial charge in [0, 0.05) is 35.8 Å². The standard InChI is InChI=1S/C26H23N7O3S2/c1-36-17-9-7-16(8-10-17)30-21(35)14-37-26-32-31-25(38-26)33-19-5-2-6-20(34)23(19)22(18(12-27)24(33)28)15-4-3-11-29-13-15/h3-4,7-11,13,22H,2,5-6,14,28H2,1H3,(H,30,35). The Hall–Kier alpha value is -4.21. The van der Waals surface area contributed by atoms with Crippen LogP contribution in [0.5, 0.6) is 5.75 Å². The molecule has 192 valence electrons. The number of rotatable bonds is 7. The highest BCUT2D eigenvalue weighted by Gasteiger charge is 2.41. The average molecular weight is 546 g/mol. The molecule has 0 fully saturated rings. The van der Waals surface area contributed by atoms with Crippen molar-refractivity contribution < 1.29 is 14.3 Å². The number of nitrogens with one attached hydrogen (secondary N) is 1. The number of amides is 1. The van der Waals surface area contributed by atoms with Crippen molar-refractivity contribution in [3.05, 3.63) is 77.0 Å². The Morgan fingerprint density at radius 2 is 2.11 bits per heavy atom. The molecule has 0 saturated heterocycles.